The molecule has 0 fully saturated rings. The van der Waals surface area contributed by atoms with Crippen LogP contribution in [0.4, 0.5) is 0 Å². The highest BCUT2D eigenvalue weighted by atomic mass is 16.6. The van der Waals surface area contributed by atoms with E-state index in [1.807, 2.05) is 92.5 Å². The van der Waals surface area contributed by atoms with E-state index in [4.69, 9.17) is 59.4 Å². The van der Waals surface area contributed by atoms with Gasteiger partial charge in [0, 0.05) is 0 Å². The molecule has 6 aliphatic heterocycles. The number of nitrogens with two attached hydrogens (primary N) is 2. The second kappa shape index (κ2) is 31.3. The zero-order chi connectivity index (χ0) is 58.7. The standard InChI is InChI=1S/2C11H13BO3.2C10H14BNO.2C10H13BO2/c1-8(13)6-14-10-4-3-9-7-15-12(2)11(9)5-10;1-8(13)6-14-10-5-3-4-9-7-15-12(2)11(9)10;1-11-5-4-8-2-3-9(13-7-12)6-10(8)11;1-11-6-5-8-3-2-4-9(10(8)11)13-7-12;1-11-5-4-8-2-3-9(13-7-12)6-10(8)11;1-11-6-5-8-3-2-4-9(10(8)11)13-7-12/h2*3-5H,6-7H2,1-2H3;2-3,6H,4-5,7,12H2,1H3;2-4H,5-7,12H2,1H3;2-3,6,12H,4-5,7H2,1H3;2-4,12H,5-7H2,1H3. The van der Waals surface area contributed by atoms with Crippen LogP contribution in [0.25, 0.3) is 0 Å². The lowest BCUT2D eigenvalue weighted by Gasteiger charge is -2.10. The molecular weight excluding hydrogens is 1030 g/mol. The third-order valence-corrected chi connectivity index (χ3v) is 15.9. The fraction of sp³-hybridized carbons (Fsp3) is 0.387. The van der Waals surface area contributed by atoms with Gasteiger partial charge in [0.1, 0.15) is 61.2 Å². The van der Waals surface area contributed by atoms with Crippen molar-refractivity contribution in [3.63, 3.8) is 0 Å². The summed E-state index contributed by atoms with van der Waals surface area (Å²) in [6, 6.07) is 36.3. The summed E-state index contributed by atoms with van der Waals surface area (Å²) < 4.78 is 42.6. The van der Waals surface area contributed by atoms with E-state index in [1.54, 1.807) is 0 Å². The number of Topliss-reactive ketones (excluding diaryl/α,β-unsaturated/α-hetero) is 2. The summed E-state index contributed by atoms with van der Waals surface area (Å²) in [6.07, 6.45) is 9.63. The maximum absolute atomic E-state index is 10.8. The first kappa shape index (κ1) is 63.2. The Hall–Kier alpha value is -6.39. The van der Waals surface area contributed by atoms with E-state index in [1.165, 1.54) is 108 Å². The van der Waals surface area contributed by atoms with Gasteiger partial charge in [-0.25, -0.2) is 0 Å². The number of carbonyl (C=O) groups excluding carboxylic acids is 2. The highest BCUT2D eigenvalue weighted by molar-refractivity contribution is 6.75. The van der Waals surface area contributed by atoms with Gasteiger partial charge in [-0.2, -0.15) is 0 Å². The van der Waals surface area contributed by atoms with E-state index in [0.29, 0.717) is 40.1 Å². The first-order chi connectivity index (χ1) is 39.6. The second-order valence-corrected chi connectivity index (χ2v) is 21.9. The molecule has 6 N–H and O–H groups in total. The van der Waals surface area contributed by atoms with Crippen LogP contribution in [0.5, 0.6) is 34.5 Å². The van der Waals surface area contributed by atoms with E-state index in [2.05, 4.69) is 57.6 Å². The van der Waals surface area contributed by atoms with Crippen LogP contribution in [-0.2, 0) is 57.8 Å². The topological polar surface area (TPSA) is 200 Å². The Labute approximate surface area is 488 Å². The Balaban J connectivity index is 0.000000142. The summed E-state index contributed by atoms with van der Waals surface area (Å²) in [5.41, 5.74) is 26.5. The quantitative estimate of drug-likeness (QED) is 0.0780. The van der Waals surface area contributed by atoms with Gasteiger partial charge in [-0.15, -0.1) is 0 Å². The summed E-state index contributed by atoms with van der Waals surface area (Å²) in [6.45, 7) is 20.3. The first-order valence-corrected chi connectivity index (χ1v) is 29.0. The molecule has 6 aromatic carbocycles. The molecule has 6 aliphatic rings. The number of rotatable bonds is 14. The Bertz CT molecular complexity index is 2950. The van der Waals surface area contributed by atoms with Crippen molar-refractivity contribution in [1.29, 1.82) is 0 Å². The second-order valence-electron chi connectivity index (χ2n) is 21.9. The molecule has 12 rings (SSSR count). The lowest BCUT2D eigenvalue weighted by molar-refractivity contribution is -0.119. The molecule has 0 spiro atoms. The third kappa shape index (κ3) is 17.1. The van der Waals surface area contributed by atoms with Gasteiger partial charge in [-0.05, 0) is 127 Å². The molecule has 0 radical (unpaired) electrons. The van der Waals surface area contributed by atoms with Gasteiger partial charge in [0.25, 0.3) is 0 Å². The SMILES string of the molecule is CB1CCc2ccc(OCN)cc21.CB1CCc2ccc(OCO)cc21.CB1CCc2cccc(OCN)c21.CB1CCc2cccc(OCO)c21.CB1OCc2ccc(OCC(C)=O)cc21.CB1OCc2cccc(OCC(C)=O)c21. The Morgan fingerprint density at radius 2 is 0.854 bits per heavy atom. The average Bonchev–Trinajstić information content (AvgIpc) is 4.57. The molecule has 0 saturated heterocycles. The van der Waals surface area contributed by atoms with E-state index < -0.39 is 0 Å². The minimum Gasteiger partial charge on any atom is -0.486 e. The summed E-state index contributed by atoms with van der Waals surface area (Å²) in [4.78, 5) is 21.6. The number of ketones is 2. The summed E-state index contributed by atoms with van der Waals surface area (Å²) >= 11 is 0. The fourth-order valence-electron chi connectivity index (χ4n) is 11.5. The molecule has 0 atom stereocenters. The Kier molecular flexibility index (Phi) is 24.1. The molecule has 0 aliphatic carbocycles. The average molecular weight is 1110 g/mol. The largest absolute Gasteiger partial charge is 0.486 e. The number of carbonyl (C=O) groups is 2. The van der Waals surface area contributed by atoms with Crippen molar-refractivity contribution >= 4 is 85.0 Å². The zero-order valence-corrected chi connectivity index (χ0v) is 49.3. The molecule has 82 heavy (non-hydrogen) atoms. The highest BCUT2D eigenvalue weighted by Crippen LogP contribution is 2.25. The number of hydrogen-bond donors (Lipinski definition) is 4. The van der Waals surface area contributed by atoms with Crippen molar-refractivity contribution in [1.82, 2.24) is 0 Å². The van der Waals surface area contributed by atoms with Crippen LogP contribution in [0.15, 0.2) is 109 Å². The van der Waals surface area contributed by atoms with Crippen LogP contribution in [-0.4, -0.2) is 103 Å². The molecule has 0 unspecified atom stereocenters. The van der Waals surface area contributed by atoms with Gasteiger partial charge in [0.15, 0.2) is 52.0 Å². The molecule has 6 aromatic rings. The normalized spacial score (nSPS) is 14.2. The minimum absolute atomic E-state index is 0.0270. The van der Waals surface area contributed by atoms with Gasteiger partial charge in [0.2, 0.25) is 0 Å². The van der Waals surface area contributed by atoms with E-state index in [-0.39, 0.29) is 65.7 Å². The summed E-state index contributed by atoms with van der Waals surface area (Å²) in [7, 11) is 0. The number of benzene rings is 6. The predicted octanol–water partition coefficient (Wildman–Crippen LogP) is 5.57. The number of hydrogen-bond acceptors (Lipinski definition) is 14. The molecule has 428 valence electrons. The third-order valence-electron chi connectivity index (χ3n) is 15.9. The van der Waals surface area contributed by atoms with Crippen LogP contribution >= 0.6 is 0 Å². The van der Waals surface area contributed by atoms with Crippen molar-refractivity contribution in [3.8, 4) is 34.5 Å². The molecule has 0 saturated carbocycles. The molecule has 6 heterocycles. The van der Waals surface area contributed by atoms with Crippen molar-refractivity contribution in [2.24, 2.45) is 11.5 Å². The molecular formula is C62H80B6N2O12. The van der Waals surface area contributed by atoms with Crippen LogP contribution < -0.4 is 72.7 Å². The van der Waals surface area contributed by atoms with Gasteiger partial charge < -0.3 is 47.9 Å². The lowest BCUT2D eigenvalue weighted by atomic mass is 9.48. The number of aliphatic hydroxyl groups is 2. The van der Waals surface area contributed by atoms with Gasteiger partial charge in [0.05, 0.1) is 13.2 Å². The predicted molar refractivity (Wildman–Crippen MR) is 337 cm³/mol. The zero-order valence-electron chi connectivity index (χ0n) is 49.3. The number of aliphatic hydroxyl groups excluding tert-OH is 2. The number of ether oxygens (including phenoxy) is 6. The van der Waals surface area contributed by atoms with Crippen LogP contribution in [0.3, 0.4) is 0 Å². The van der Waals surface area contributed by atoms with Crippen molar-refractivity contribution in [3.05, 3.63) is 143 Å². The molecule has 0 amide bonds. The van der Waals surface area contributed by atoms with Gasteiger partial charge >= 0.3 is 13.8 Å². The smallest absolute Gasteiger partial charge is 0.327 e. The molecule has 0 bridgehead atoms. The monoisotopic (exact) mass is 1110 g/mol. The first-order valence-electron chi connectivity index (χ1n) is 29.0. The Morgan fingerprint density at radius 3 is 1.38 bits per heavy atom. The number of aryl methyl sites for hydroxylation is 4. The van der Waals surface area contributed by atoms with E-state index >= 15 is 0 Å². The van der Waals surface area contributed by atoms with Crippen molar-refractivity contribution in [2.75, 3.05) is 40.3 Å². The Morgan fingerprint density at radius 1 is 0.439 bits per heavy atom. The van der Waals surface area contributed by atoms with Crippen molar-refractivity contribution < 1.29 is 57.5 Å². The van der Waals surface area contributed by atoms with Crippen LogP contribution in [0.1, 0.15) is 47.2 Å². The maximum Gasteiger partial charge on any atom is 0.327 e. The lowest BCUT2D eigenvalue weighted by Crippen LogP contribution is -2.27. The molecule has 0 aromatic heterocycles. The highest BCUT2D eigenvalue weighted by Gasteiger charge is 2.29. The maximum atomic E-state index is 10.8. The fourth-order valence-corrected chi connectivity index (χ4v) is 11.5. The van der Waals surface area contributed by atoms with Crippen LogP contribution in [0.2, 0.25) is 66.2 Å². The van der Waals surface area contributed by atoms with Gasteiger partial charge in [-0.3, -0.25) is 21.1 Å². The van der Waals surface area contributed by atoms with E-state index in [0.717, 1.165) is 57.4 Å². The van der Waals surface area contributed by atoms with E-state index in [9.17, 15) is 9.59 Å². The summed E-state index contributed by atoms with van der Waals surface area (Å²) in [5, 5.41) is 17.3. The molecule has 20 heteroatoms. The van der Waals surface area contributed by atoms with Crippen LogP contribution in [0, 0.1) is 0 Å². The van der Waals surface area contributed by atoms with Gasteiger partial charge in [-0.1, -0.05) is 154 Å². The number of fused-ring (bicyclic) bond motifs is 6. The van der Waals surface area contributed by atoms with Crippen molar-refractivity contribution in [2.45, 2.75) is 119 Å². The summed E-state index contributed by atoms with van der Waals surface area (Å²) in [5.74, 6) is 5.06. The molecule has 14 nitrogen and oxygen atoms in total. The minimum atomic E-state index is -0.243.